The molecular formula is C15H10ClF4N3O4. The van der Waals surface area contributed by atoms with Crippen LogP contribution in [-0.4, -0.2) is 53.7 Å². The summed E-state index contributed by atoms with van der Waals surface area (Å²) >= 11 is 5.79. The number of ether oxygens (including phenoxy) is 1. The summed E-state index contributed by atoms with van der Waals surface area (Å²) in [4.78, 5) is 28.2. The summed E-state index contributed by atoms with van der Waals surface area (Å²) in [7, 11) is 0. The van der Waals surface area contributed by atoms with Crippen LogP contribution >= 0.6 is 11.6 Å². The average Bonchev–Trinajstić information content (AvgIpc) is 3.02. The summed E-state index contributed by atoms with van der Waals surface area (Å²) in [5.41, 5.74) is -1.66. The Morgan fingerprint density at radius 2 is 2.07 bits per heavy atom. The minimum atomic E-state index is -4.79. The number of nitrogens with zero attached hydrogens (tertiary/aromatic N) is 3. The van der Waals surface area contributed by atoms with Crippen LogP contribution in [0.3, 0.4) is 0 Å². The maximum atomic E-state index is 14.4. The van der Waals surface area contributed by atoms with E-state index in [0.29, 0.717) is 11.0 Å². The highest BCUT2D eigenvalue weighted by Gasteiger charge is 2.47. The van der Waals surface area contributed by atoms with Crippen molar-refractivity contribution in [1.82, 2.24) is 4.90 Å². The Morgan fingerprint density at radius 3 is 2.70 bits per heavy atom. The standard InChI is InChI=1S/C15H10ClF4N3O4/c16-7-3-8(17)9(4-10(7)27-6-13(25)26)23-12(24)5-11(15(18,19)20)22-2-1-21-14(22)23/h3-5H,1-2,6H2,(H,25,26). The highest BCUT2D eigenvalue weighted by molar-refractivity contribution is 6.32. The molecule has 3 rings (SSSR count). The molecule has 0 unspecified atom stereocenters. The topological polar surface area (TPSA) is 82.4 Å². The molecule has 0 aliphatic carbocycles. The van der Waals surface area contributed by atoms with Gasteiger partial charge in [0, 0.05) is 18.7 Å². The number of aliphatic carboxylic acids is 1. The number of halogens is 5. The molecule has 0 fully saturated rings. The maximum absolute atomic E-state index is 14.4. The number of carboxylic acid groups (broad SMARTS) is 1. The number of benzene rings is 1. The third-order valence-corrected chi connectivity index (χ3v) is 3.97. The Bertz CT molecular complexity index is 885. The van der Waals surface area contributed by atoms with E-state index in [1.807, 2.05) is 0 Å². The summed E-state index contributed by atoms with van der Waals surface area (Å²) < 4.78 is 58.8. The minimum Gasteiger partial charge on any atom is -0.480 e. The first-order valence-corrected chi connectivity index (χ1v) is 7.76. The number of rotatable bonds is 4. The Morgan fingerprint density at radius 1 is 1.37 bits per heavy atom. The van der Waals surface area contributed by atoms with Crippen molar-refractivity contribution in [3.8, 4) is 5.75 Å². The molecule has 1 amide bonds. The lowest BCUT2D eigenvalue weighted by Crippen LogP contribution is -2.51. The van der Waals surface area contributed by atoms with Crippen LogP contribution in [0.25, 0.3) is 0 Å². The molecule has 7 nitrogen and oxygen atoms in total. The van der Waals surface area contributed by atoms with Crippen LogP contribution in [-0.2, 0) is 9.59 Å². The third kappa shape index (κ3) is 3.54. The SMILES string of the molecule is O=C(O)COc1cc(N2C(=O)C=C(C(F)(F)F)N3CCN=C32)c(F)cc1Cl. The predicted octanol–water partition coefficient (Wildman–Crippen LogP) is 2.41. The van der Waals surface area contributed by atoms with E-state index >= 15 is 0 Å². The van der Waals surface area contributed by atoms with Crippen molar-refractivity contribution in [2.45, 2.75) is 6.18 Å². The number of allylic oxidation sites excluding steroid dienone is 1. The molecule has 2 heterocycles. The summed E-state index contributed by atoms with van der Waals surface area (Å²) in [6, 6.07) is 1.70. The van der Waals surface area contributed by atoms with E-state index in [1.54, 1.807) is 0 Å². The number of carbonyl (C=O) groups excluding carboxylic acids is 1. The number of carboxylic acids is 1. The zero-order valence-electron chi connectivity index (χ0n) is 13.3. The van der Waals surface area contributed by atoms with Gasteiger partial charge >= 0.3 is 12.1 Å². The Labute approximate surface area is 154 Å². The molecule has 0 atom stereocenters. The lowest BCUT2D eigenvalue weighted by molar-refractivity contribution is -0.139. The molecule has 0 saturated carbocycles. The molecular weight excluding hydrogens is 398 g/mol. The molecule has 1 N–H and O–H groups in total. The highest BCUT2D eigenvalue weighted by atomic mass is 35.5. The molecule has 0 aromatic heterocycles. The minimum absolute atomic E-state index is 0.0237. The molecule has 2 aliphatic rings. The number of guanidine groups is 1. The first-order valence-electron chi connectivity index (χ1n) is 7.38. The van der Waals surface area contributed by atoms with Gasteiger partial charge in [-0.3, -0.25) is 9.79 Å². The van der Waals surface area contributed by atoms with Crippen LogP contribution in [0.2, 0.25) is 5.02 Å². The second-order valence-corrected chi connectivity index (χ2v) is 5.86. The van der Waals surface area contributed by atoms with Gasteiger partial charge in [0.1, 0.15) is 17.3 Å². The van der Waals surface area contributed by atoms with Crippen LogP contribution in [0.5, 0.6) is 5.75 Å². The van der Waals surface area contributed by atoms with Crippen LogP contribution in [0.4, 0.5) is 23.2 Å². The fourth-order valence-electron chi connectivity index (χ4n) is 2.61. The molecule has 12 heteroatoms. The molecule has 0 radical (unpaired) electrons. The van der Waals surface area contributed by atoms with Crippen molar-refractivity contribution >= 4 is 35.1 Å². The number of fused-ring (bicyclic) bond motifs is 1. The Balaban J connectivity index is 2.06. The maximum Gasteiger partial charge on any atom is 0.431 e. The summed E-state index contributed by atoms with van der Waals surface area (Å²) in [5.74, 6) is -4.15. The fourth-order valence-corrected chi connectivity index (χ4v) is 2.82. The van der Waals surface area contributed by atoms with E-state index in [4.69, 9.17) is 21.4 Å². The molecule has 0 saturated heterocycles. The molecule has 1 aromatic carbocycles. The summed E-state index contributed by atoms with van der Waals surface area (Å²) in [6.45, 7) is -0.948. The highest BCUT2D eigenvalue weighted by Crippen LogP contribution is 2.38. The van der Waals surface area contributed by atoms with Crippen molar-refractivity contribution in [3.63, 3.8) is 0 Å². The lowest BCUT2D eigenvalue weighted by Gasteiger charge is -2.35. The predicted molar refractivity (Wildman–Crippen MR) is 85.2 cm³/mol. The second-order valence-electron chi connectivity index (χ2n) is 5.45. The lowest BCUT2D eigenvalue weighted by atomic mass is 10.2. The molecule has 144 valence electrons. The van der Waals surface area contributed by atoms with Gasteiger partial charge in [0.05, 0.1) is 17.3 Å². The van der Waals surface area contributed by atoms with Crippen molar-refractivity contribution in [3.05, 3.63) is 34.7 Å². The molecule has 0 bridgehead atoms. The van der Waals surface area contributed by atoms with Crippen molar-refractivity contribution < 1.29 is 37.0 Å². The van der Waals surface area contributed by atoms with Crippen molar-refractivity contribution in [1.29, 1.82) is 0 Å². The Hall–Kier alpha value is -2.82. The van der Waals surface area contributed by atoms with Gasteiger partial charge in [0.2, 0.25) is 5.96 Å². The van der Waals surface area contributed by atoms with Gasteiger partial charge in [-0.2, -0.15) is 13.2 Å². The Kier molecular flexibility index (Phi) is 4.72. The second kappa shape index (κ2) is 6.72. The average molecular weight is 408 g/mol. The van der Waals surface area contributed by atoms with Gasteiger partial charge in [-0.15, -0.1) is 0 Å². The zero-order chi connectivity index (χ0) is 19.9. The van der Waals surface area contributed by atoms with Gasteiger partial charge in [-0.05, 0) is 6.07 Å². The quantitative estimate of drug-likeness (QED) is 0.775. The number of aliphatic imine (C=N–C) groups is 1. The van der Waals surface area contributed by atoms with E-state index in [0.717, 1.165) is 17.0 Å². The largest absolute Gasteiger partial charge is 0.480 e. The van der Waals surface area contributed by atoms with Crippen LogP contribution in [0.1, 0.15) is 0 Å². The van der Waals surface area contributed by atoms with Gasteiger partial charge in [0.15, 0.2) is 6.61 Å². The zero-order valence-corrected chi connectivity index (χ0v) is 14.0. The number of alkyl halides is 3. The molecule has 2 aliphatic heterocycles. The molecule has 1 aromatic rings. The first-order chi connectivity index (χ1) is 12.6. The van der Waals surface area contributed by atoms with Gasteiger partial charge in [-0.25, -0.2) is 14.1 Å². The summed E-state index contributed by atoms with van der Waals surface area (Å²) in [6.07, 6.45) is -4.45. The van der Waals surface area contributed by atoms with Gasteiger partial charge in [0.25, 0.3) is 5.91 Å². The number of carbonyl (C=O) groups is 2. The van der Waals surface area contributed by atoms with Gasteiger partial charge in [-0.1, -0.05) is 11.6 Å². The number of amides is 1. The van der Waals surface area contributed by atoms with E-state index < -0.39 is 41.9 Å². The van der Waals surface area contributed by atoms with Crippen molar-refractivity contribution in [2.75, 3.05) is 24.6 Å². The molecule has 0 spiro atoms. The van der Waals surface area contributed by atoms with Gasteiger partial charge < -0.3 is 14.7 Å². The smallest absolute Gasteiger partial charge is 0.431 e. The number of hydrogen-bond acceptors (Lipinski definition) is 5. The number of anilines is 1. The van der Waals surface area contributed by atoms with Crippen LogP contribution < -0.4 is 9.64 Å². The fraction of sp³-hybridized carbons (Fsp3) is 0.267. The normalized spacial score (nSPS) is 16.9. The van der Waals surface area contributed by atoms with Crippen molar-refractivity contribution in [2.24, 2.45) is 4.99 Å². The van der Waals surface area contributed by atoms with E-state index in [-0.39, 0.29) is 29.8 Å². The van der Waals surface area contributed by atoms with E-state index in [2.05, 4.69) is 4.99 Å². The monoisotopic (exact) mass is 407 g/mol. The third-order valence-electron chi connectivity index (χ3n) is 3.67. The molecule has 27 heavy (non-hydrogen) atoms. The van der Waals surface area contributed by atoms with Crippen LogP contribution in [0.15, 0.2) is 28.9 Å². The first kappa shape index (κ1) is 19.0. The van der Waals surface area contributed by atoms with E-state index in [9.17, 15) is 27.2 Å². The van der Waals surface area contributed by atoms with E-state index in [1.165, 1.54) is 0 Å². The summed E-state index contributed by atoms with van der Waals surface area (Å²) in [5, 5.41) is 8.40. The van der Waals surface area contributed by atoms with Crippen LogP contribution in [0, 0.1) is 5.82 Å². The number of hydrogen-bond donors (Lipinski definition) is 1.